The highest BCUT2D eigenvalue weighted by Crippen LogP contribution is 2.45. The first-order valence-corrected chi connectivity index (χ1v) is 11.0. The van der Waals surface area contributed by atoms with Gasteiger partial charge in [0.15, 0.2) is 0 Å². The van der Waals surface area contributed by atoms with E-state index in [0.29, 0.717) is 17.9 Å². The maximum Gasteiger partial charge on any atom is 0.300 e. The molecule has 3 heterocycles. The number of amides is 1. The molecular formula is C25H21NO4S. The number of carbonyl (C=O) groups is 2. The van der Waals surface area contributed by atoms with E-state index in [2.05, 4.69) is 0 Å². The van der Waals surface area contributed by atoms with Gasteiger partial charge in [-0.05, 0) is 66.8 Å². The van der Waals surface area contributed by atoms with Gasteiger partial charge in [0.2, 0.25) is 0 Å². The Morgan fingerprint density at radius 3 is 2.58 bits per heavy atom. The standard InChI is InChI=1S/C25H21NO4S/c1-14-3-6-18(7-4-14)26-21(24-15(2)10-12-31-24)20(23(28)25(26)29)22(27)17-5-8-19-16(13-17)9-11-30-19/h3-8,10,12-13,21,27H,9,11H2,1-2H3/b22-20-. The zero-order valence-electron chi connectivity index (χ0n) is 17.2. The number of benzene rings is 2. The van der Waals surface area contributed by atoms with Crippen LogP contribution in [-0.2, 0) is 16.0 Å². The Morgan fingerprint density at radius 1 is 1.10 bits per heavy atom. The Labute approximate surface area is 184 Å². The minimum atomic E-state index is -0.674. The van der Waals surface area contributed by atoms with Crippen molar-refractivity contribution in [2.45, 2.75) is 26.3 Å². The molecule has 1 fully saturated rings. The maximum atomic E-state index is 13.2. The topological polar surface area (TPSA) is 66.8 Å². The molecule has 5 nitrogen and oxygen atoms in total. The van der Waals surface area contributed by atoms with Gasteiger partial charge in [-0.25, -0.2) is 0 Å². The number of hydrogen-bond acceptors (Lipinski definition) is 5. The van der Waals surface area contributed by atoms with Crippen molar-refractivity contribution < 1.29 is 19.4 Å². The number of rotatable bonds is 3. The number of anilines is 1. The summed E-state index contributed by atoms with van der Waals surface area (Å²) in [5, 5.41) is 13.2. The summed E-state index contributed by atoms with van der Waals surface area (Å²) in [5.41, 5.74) is 4.29. The van der Waals surface area contributed by atoms with Crippen LogP contribution < -0.4 is 9.64 Å². The summed E-state index contributed by atoms with van der Waals surface area (Å²) in [5.74, 6) is -0.664. The molecule has 2 aliphatic rings. The van der Waals surface area contributed by atoms with Crippen molar-refractivity contribution in [1.29, 1.82) is 0 Å². The van der Waals surface area contributed by atoms with E-state index in [4.69, 9.17) is 4.74 Å². The van der Waals surface area contributed by atoms with E-state index in [1.807, 2.05) is 55.6 Å². The number of thiophene rings is 1. The smallest absolute Gasteiger partial charge is 0.300 e. The van der Waals surface area contributed by atoms with Gasteiger partial charge < -0.3 is 9.84 Å². The molecule has 0 bridgehead atoms. The Hall–Kier alpha value is -3.38. The van der Waals surface area contributed by atoms with E-state index in [0.717, 1.165) is 33.7 Å². The Morgan fingerprint density at radius 2 is 1.87 bits per heavy atom. The number of hydrogen-bond donors (Lipinski definition) is 1. The molecule has 0 aliphatic carbocycles. The number of aliphatic hydroxyl groups excluding tert-OH is 1. The highest BCUT2D eigenvalue weighted by atomic mass is 32.1. The van der Waals surface area contributed by atoms with E-state index in [1.165, 1.54) is 16.2 Å². The molecule has 2 aliphatic heterocycles. The first-order valence-electron chi connectivity index (χ1n) is 10.1. The van der Waals surface area contributed by atoms with E-state index in [9.17, 15) is 14.7 Å². The van der Waals surface area contributed by atoms with Crippen molar-refractivity contribution in [3.63, 3.8) is 0 Å². The van der Waals surface area contributed by atoms with Crippen molar-refractivity contribution >= 4 is 34.5 Å². The molecule has 31 heavy (non-hydrogen) atoms. The summed E-state index contributed by atoms with van der Waals surface area (Å²) in [6, 6.07) is 14.2. The van der Waals surface area contributed by atoms with Crippen molar-refractivity contribution in [3.8, 4) is 5.75 Å². The third-order valence-corrected chi connectivity index (χ3v) is 6.94. The van der Waals surface area contributed by atoms with Crippen molar-refractivity contribution in [1.82, 2.24) is 0 Å². The third-order valence-electron chi connectivity index (χ3n) is 5.87. The van der Waals surface area contributed by atoms with E-state index < -0.39 is 17.7 Å². The lowest BCUT2D eigenvalue weighted by molar-refractivity contribution is -0.132. The number of nitrogens with zero attached hydrogens (tertiary/aromatic N) is 1. The number of carbonyl (C=O) groups excluding carboxylic acids is 2. The van der Waals surface area contributed by atoms with Gasteiger partial charge in [-0.2, -0.15) is 0 Å². The van der Waals surface area contributed by atoms with E-state index >= 15 is 0 Å². The number of ketones is 1. The van der Waals surface area contributed by atoms with Crippen LogP contribution in [0.5, 0.6) is 5.75 Å². The average Bonchev–Trinajstić information content (AvgIpc) is 3.46. The average molecular weight is 432 g/mol. The molecule has 156 valence electrons. The number of aryl methyl sites for hydroxylation is 2. The fourth-order valence-corrected chi connectivity index (χ4v) is 5.23. The lowest BCUT2D eigenvalue weighted by Gasteiger charge is -2.25. The zero-order valence-corrected chi connectivity index (χ0v) is 18.0. The van der Waals surface area contributed by atoms with Crippen LogP contribution in [0, 0.1) is 13.8 Å². The molecule has 1 amide bonds. The Bertz CT molecular complexity index is 1240. The van der Waals surface area contributed by atoms with E-state index in [-0.39, 0.29) is 11.3 Å². The minimum absolute atomic E-state index is 0.120. The highest BCUT2D eigenvalue weighted by Gasteiger charge is 2.47. The fraction of sp³-hybridized carbons (Fsp3) is 0.200. The Balaban J connectivity index is 1.70. The number of Topliss-reactive ketones (excluding diaryl/α,β-unsaturated/α-hetero) is 1. The molecule has 1 N–H and O–H groups in total. The van der Waals surface area contributed by atoms with Crippen LogP contribution in [-0.4, -0.2) is 23.4 Å². The molecule has 0 radical (unpaired) electrons. The normalized spacial score (nSPS) is 19.5. The van der Waals surface area contributed by atoms with Crippen LogP contribution >= 0.6 is 11.3 Å². The first kappa shape index (κ1) is 19.6. The zero-order chi connectivity index (χ0) is 21.7. The lowest BCUT2D eigenvalue weighted by atomic mass is 9.97. The molecule has 0 spiro atoms. The van der Waals surface area contributed by atoms with E-state index in [1.54, 1.807) is 12.1 Å². The molecule has 1 atom stereocenters. The van der Waals surface area contributed by atoms with Gasteiger partial charge >= 0.3 is 0 Å². The largest absolute Gasteiger partial charge is 0.507 e. The second-order valence-corrected chi connectivity index (χ2v) is 8.84. The van der Waals surface area contributed by atoms with Gasteiger partial charge in [0.05, 0.1) is 12.2 Å². The minimum Gasteiger partial charge on any atom is -0.507 e. The molecular weight excluding hydrogens is 410 g/mol. The first-order chi connectivity index (χ1) is 15.0. The molecule has 0 saturated carbocycles. The molecule has 1 aromatic heterocycles. The summed E-state index contributed by atoms with van der Waals surface area (Å²) in [4.78, 5) is 28.7. The number of aliphatic hydroxyl groups is 1. The summed E-state index contributed by atoms with van der Waals surface area (Å²) >= 11 is 1.48. The summed E-state index contributed by atoms with van der Waals surface area (Å²) in [7, 11) is 0. The second-order valence-electron chi connectivity index (χ2n) is 7.89. The van der Waals surface area contributed by atoms with Crippen LogP contribution in [0.4, 0.5) is 5.69 Å². The number of ether oxygens (including phenoxy) is 1. The SMILES string of the molecule is Cc1ccc(N2C(=O)C(=O)/C(=C(\O)c3ccc4c(c3)CCO4)C2c2sccc2C)cc1. The molecule has 2 aromatic carbocycles. The van der Waals surface area contributed by atoms with Gasteiger partial charge in [-0.3, -0.25) is 14.5 Å². The van der Waals surface area contributed by atoms with Crippen LogP contribution in [0.2, 0.25) is 0 Å². The van der Waals surface area contributed by atoms with Crippen LogP contribution in [0.15, 0.2) is 59.5 Å². The van der Waals surface area contributed by atoms with Gasteiger partial charge in [0, 0.05) is 22.5 Å². The summed E-state index contributed by atoms with van der Waals surface area (Å²) in [6.45, 7) is 4.52. The van der Waals surface area contributed by atoms with Gasteiger partial charge in [-0.1, -0.05) is 17.7 Å². The van der Waals surface area contributed by atoms with Gasteiger partial charge in [-0.15, -0.1) is 11.3 Å². The summed E-state index contributed by atoms with van der Waals surface area (Å²) < 4.78 is 5.55. The molecule has 5 rings (SSSR count). The fourth-order valence-electron chi connectivity index (χ4n) is 4.21. The predicted octanol–water partition coefficient (Wildman–Crippen LogP) is 4.93. The molecule has 6 heteroatoms. The van der Waals surface area contributed by atoms with Crippen LogP contribution in [0.25, 0.3) is 5.76 Å². The Kier molecular flexibility index (Phi) is 4.67. The molecule has 1 unspecified atom stereocenters. The maximum absolute atomic E-state index is 13.2. The van der Waals surface area contributed by atoms with Crippen molar-refractivity contribution in [3.05, 3.63) is 86.6 Å². The van der Waals surface area contributed by atoms with Gasteiger partial charge in [0.25, 0.3) is 11.7 Å². The number of fused-ring (bicyclic) bond motifs is 1. The van der Waals surface area contributed by atoms with Crippen molar-refractivity contribution in [2.75, 3.05) is 11.5 Å². The molecule has 3 aromatic rings. The predicted molar refractivity (Wildman–Crippen MR) is 121 cm³/mol. The monoisotopic (exact) mass is 431 g/mol. The van der Waals surface area contributed by atoms with Gasteiger partial charge in [0.1, 0.15) is 17.6 Å². The third kappa shape index (κ3) is 3.15. The van der Waals surface area contributed by atoms with Crippen LogP contribution in [0.1, 0.15) is 33.2 Å². The lowest BCUT2D eigenvalue weighted by Crippen LogP contribution is -2.29. The van der Waals surface area contributed by atoms with Crippen molar-refractivity contribution in [2.24, 2.45) is 0 Å². The second kappa shape index (κ2) is 7.39. The van der Waals surface area contributed by atoms with Crippen LogP contribution in [0.3, 0.4) is 0 Å². The molecule has 1 saturated heterocycles. The summed E-state index contributed by atoms with van der Waals surface area (Å²) in [6.07, 6.45) is 0.752. The quantitative estimate of drug-likeness (QED) is 0.363. The highest BCUT2D eigenvalue weighted by molar-refractivity contribution is 7.10.